The van der Waals surface area contributed by atoms with E-state index in [1.54, 1.807) is 14.2 Å². The maximum absolute atomic E-state index is 13.1. The molecule has 2 unspecified atom stereocenters. The molecule has 5 rings (SSSR count). The smallest absolute Gasteiger partial charge is 0.254 e. The molecular formula is C26H33ClN2O3. The standard InChI is InChI=1S/C26H32N2O3.ClH/c1-30-24-10-11-25(31-2)23-17-27(13-12-22(23)24)16-18-14-20-8-9-21(15-18)28(20)26(29)19-6-4-3-5-7-19;/h3-7,10-11,18,20-21H,8-9,12-17H2,1-2H3;1H. The molecule has 2 aromatic carbocycles. The lowest BCUT2D eigenvalue weighted by atomic mass is 9.88. The van der Waals surface area contributed by atoms with Gasteiger partial charge in [-0.05, 0) is 62.3 Å². The zero-order chi connectivity index (χ0) is 21.4. The number of rotatable bonds is 5. The Morgan fingerprint density at radius 2 is 1.56 bits per heavy atom. The highest BCUT2D eigenvalue weighted by Crippen LogP contribution is 2.41. The molecule has 2 atom stereocenters. The molecule has 6 heteroatoms. The van der Waals surface area contributed by atoms with E-state index in [0.717, 1.165) is 68.8 Å². The first-order chi connectivity index (χ1) is 15.2. The number of nitrogens with zero attached hydrogens (tertiary/aromatic N) is 2. The van der Waals surface area contributed by atoms with Crippen LogP contribution in [0, 0.1) is 5.92 Å². The van der Waals surface area contributed by atoms with Gasteiger partial charge in [0, 0.05) is 48.4 Å². The van der Waals surface area contributed by atoms with E-state index in [2.05, 4.69) is 9.80 Å². The van der Waals surface area contributed by atoms with Crippen LogP contribution in [-0.2, 0) is 13.0 Å². The van der Waals surface area contributed by atoms with Gasteiger partial charge in [-0.25, -0.2) is 0 Å². The Morgan fingerprint density at radius 1 is 0.938 bits per heavy atom. The fourth-order valence-corrected chi connectivity index (χ4v) is 6.07. The molecule has 1 amide bonds. The SMILES string of the molecule is COc1ccc(OC)c2c1CCN(CC1CC3CCC(C1)N3C(=O)c1ccccc1)C2.Cl. The molecule has 32 heavy (non-hydrogen) atoms. The van der Waals surface area contributed by atoms with Crippen molar-refractivity contribution in [3.05, 3.63) is 59.2 Å². The molecule has 2 aromatic rings. The van der Waals surface area contributed by atoms with Gasteiger partial charge in [0.05, 0.1) is 14.2 Å². The van der Waals surface area contributed by atoms with E-state index in [-0.39, 0.29) is 18.3 Å². The summed E-state index contributed by atoms with van der Waals surface area (Å²) >= 11 is 0. The van der Waals surface area contributed by atoms with Crippen LogP contribution in [0.5, 0.6) is 11.5 Å². The van der Waals surface area contributed by atoms with Crippen LogP contribution in [-0.4, -0.2) is 55.1 Å². The molecule has 172 valence electrons. The number of piperidine rings is 1. The van der Waals surface area contributed by atoms with Gasteiger partial charge in [0.2, 0.25) is 0 Å². The number of fused-ring (bicyclic) bond motifs is 3. The first kappa shape index (κ1) is 22.9. The largest absolute Gasteiger partial charge is 0.496 e. The second-order valence-electron chi connectivity index (χ2n) is 9.21. The maximum atomic E-state index is 13.1. The summed E-state index contributed by atoms with van der Waals surface area (Å²) in [5.41, 5.74) is 3.39. The molecule has 0 N–H and O–H groups in total. The Morgan fingerprint density at radius 3 is 2.19 bits per heavy atom. The lowest BCUT2D eigenvalue weighted by Crippen LogP contribution is -2.48. The molecule has 0 aliphatic carbocycles. The molecule has 3 aliphatic rings. The van der Waals surface area contributed by atoms with E-state index in [1.807, 2.05) is 42.5 Å². The van der Waals surface area contributed by atoms with Crippen molar-refractivity contribution in [2.45, 2.75) is 50.7 Å². The van der Waals surface area contributed by atoms with Crippen molar-refractivity contribution < 1.29 is 14.3 Å². The molecule has 0 aromatic heterocycles. The fraction of sp³-hybridized carbons (Fsp3) is 0.500. The van der Waals surface area contributed by atoms with Gasteiger partial charge in [-0.15, -0.1) is 12.4 Å². The average Bonchev–Trinajstić information content (AvgIpc) is 3.08. The van der Waals surface area contributed by atoms with Crippen molar-refractivity contribution in [1.29, 1.82) is 0 Å². The number of carbonyl (C=O) groups is 1. The van der Waals surface area contributed by atoms with Gasteiger partial charge in [0.15, 0.2) is 0 Å². The average molecular weight is 457 g/mol. The highest BCUT2D eigenvalue weighted by molar-refractivity contribution is 5.94. The van der Waals surface area contributed by atoms with Gasteiger partial charge >= 0.3 is 0 Å². The number of methoxy groups -OCH3 is 2. The van der Waals surface area contributed by atoms with Crippen molar-refractivity contribution in [3.8, 4) is 11.5 Å². The summed E-state index contributed by atoms with van der Waals surface area (Å²) in [4.78, 5) is 17.9. The fourth-order valence-electron chi connectivity index (χ4n) is 6.07. The van der Waals surface area contributed by atoms with Gasteiger partial charge < -0.3 is 14.4 Å². The van der Waals surface area contributed by atoms with Crippen LogP contribution < -0.4 is 9.47 Å². The molecule has 0 radical (unpaired) electrons. The second-order valence-corrected chi connectivity index (χ2v) is 9.21. The van der Waals surface area contributed by atoms with E-state index in [1.165, 1.54) is 11.1 Å². The van der Waals surface area contributed by atoms with Crippen LogP contribution >= 0.6 is 12.4 Å². The highest BCUT2D eigenvalue weighted by Gasteiger charge is 2.43. The molecule has 0 saturated carbocycles. The Balaban J connectivity index is 0.00000245. The van der Waals surface area contributed by atoms with Gasteiger partial charge in [-0.2, -0.15) is 0 Å². The van der Waals surface area contributed by atoms with Crippen molar-refractivity contribution in [3.63, 3.8) is 0 Å². The van der Waals surface area contributed by atoms with Gasteiger partial charge in [0.1, 0.15) is 11.5 Å². The molecule has 3 heterocycles. The third-order valence-electron chi connectivity index (χ3n) is 7.45. The summed E-state index contributed by atoms with van der Waals surface area (Å²) in [6.45, 7) is 3.06. The number of amides is 1. The van der Waals surface area contributed by atoms with Crippen molar-refractivity contribution in [2.24, 2.45) is 5.92 Å². The Kier molecular flexibility index (Phi) is 6.96. The summed E-state index contributed by atoms with van der Waals surface area (Å²) < 4.78 is 11.2. The third-order valence-corrected chi connectivity index (χ3v) is 7.45. The third kappa shape index (κ3) is 4.20. The predicted octanol–water partition coefficient (Wildman–Crippen LogP) is 4.57. The minimum atomic E-state index is 0. The summed E-state index contributed by atoms with van der Waals surface area (Å²) in [6.07, 6.45) is 5.52. The van der Waals surface area contributed by atoms with Crippen LogP contribution in [0.15, 0.2) is 42.5 Å². The minimum Gasteiger partial charge on any atom is -0.496 e. The molecule has 0 spiro atoms. The van der Waals surface area contributed by atoms with E-state index in [4.69, 9.17) is 9.47 Å². The lowest BCUT2D eigenvalue weighted by Gasteiger charge is -2.41. The Hall–Kier alpha value is -2.24. The Labute approximate surface area is 197 Å². The predicted molar refractivity (Wildman–Crippen MR) is 128 cm³/mol. The van der Waals surface area contributed by atoms with Gasteiger partial charge in [-0.1, -0.05) is 18.2 Å². The van der Waals surface area contributed by atoms with Crippen LogP contribution in [0.25, 0.3) is 0 Å². The van der Waals surface area contributed by atoms with E-state index in [0.29, 0.717) is 18.0 Å². The number of halogens is 1. The van der Waals surface area contributed by atoms with Crippen LogP contribution in [0.4, 0.5) is 0 Å². The van der Waals surface area contributed by atoms with E-state index in [9.17, 15) is 4.79 Å². The molecular weight excluding hydrogens is 424 g/mol. The lowest BCUT2D eigenvalue weighted by molar-refractivity contribution is 0.0474. The maximum Gasteiger partial charge on any atom is 0.254 e. The highest BCUT2D eigenvalue weighted by atomic mass is 35.5. The van der Waals surface area contributed by atoms with Crippen LogP contribution in [0.2, 0.25) is 0 Å². The Bertz CT molecular complexity index is 938. The van der Waals surface area contributed by atoms with Crippen LogP contribution in [0.3, 0.4) is 0 Å². The first-order valence-corrected chi connectivity index (χ1v) is 11.5. The zero-order valence-corrected chi connectivity index (χ0v) is 19.8. The number of hydrogen-bond acceptors (Lipinski definition) is 4. The summed E-state index contributed by atoms with van der Waals surface area (Å²) in [5.74, 6) is 2.80. The number of ether oxygens (including phenoxy) is 2. The second kappa shape index (κ2) is 9.72. The first-order valence-electron chi connectivity index (χ1n) is 11.5. The normalized spacial score (nSPS) is 24.4. The molecule has 3 aliphatic heterocycles. The summed E-state index contributed by atoms with van der Waals surface area (Å²) in [7, 11) is 3.49. The van der Waals surface area contributed by atoms with Gasteiger partial charge in [-0.3, -0.25) is 9.69 Å². The van der Waals surface area contributed by atoms with Crippen molar-refractivity contribution in [2.75, 3.05) is 27.3 Å². The molecule has 5 nitrogen and oxygen atoms in total. The summed E-state index contributed by atoms with van der Waals surface area (Å²) in [6, 6.07) is 14.6. The zero-order valence-electron chi connectivity index (χ0n) is 19.0. The number of benzene rings is 2. The molecule has 2 saturated heterocycles. The van der Waals surface area contributed by atoms with Crippen molar-refractivity contribution >= 4 is 18.3 Å². The molecule has 2 bridgehead atoms. The number of carbonyl (C=O) groups excluding carboxylic acids is 1. The van der Waals surface area contributed by atoms with E-state index < -0.39 is 0 Å². The van der Waals surface area contributed by atoms with Gasteiger partial charge in [0.25, 0.3) is 5.91 Å². The van der Waals surface area contributed by atoms with Crippen molar-refractivity contribution in [1.82, 2.24) is 9.80 Å². The van der Waals surface area contributed by atoms with E-state index >= 15 is 0 Å². The number of hydrogen-bond donors (Lipinski definition) is 0. The topological polar surface area (TPSA) is 42.0 Å². The van der Waals surface area contributed by atoms with Crippen LogP contribution in [0.1, 0.15) is 47.2 Å². The minimum absolute atomic E-state index is 0. The monoisotopic (exact) mass is 456 g/mol. The quantitative estimate of drug-likeness (QED) is 0.661. The molecule has 2 fully saturated rings. The summed E-state index contributed by atoms with van der Waals surface area (Å²) in [5, 5.41) is 0.